The van der Waals surface area contributed by atoms with E-state index in [2.05, 4.69) is 10.1 Å². The van der Waals surface area contributed by atoms with Gasteiger partial charge in [0.15, 0.2) is 0 Å². The molecule has 0 saturated carbocycles. The summed E-state index contributed by atoms with van der Waals surface area (Å²) in [6, 6.07) is 3.35. The van der Waals surface area contributed by atoms with E-state index in [4.69, 9.17) is 21.2 Å². The van der Waals surface area contributed by atoms with Crippen molar-refractivity contribution in [3.63, 3.8) is 0 Å². The SMILES string of the molecule is ON=Cc1cc2c(Cl)nccc2o1. The van der Waals surface area contributed by atoms with Crippen LogP contribution in [0.25, 0.3) is 11.0 Å². The first kappa shape index (κ1) is 8.07. The standard InChI is InChI=1S/C8H5ClN2O2/c9-8-6-3-5(4-11-12)13-7(6)1-2-10-8/h1-4,12H. The molecule has 2 aromatic rings. The maximum absolute atomic E-state index is 8.27. The molecule has 5 heteroatoms. The van der Waals surface area contributed by atoms with Crippen LogP contribution >= 0.6 is 11.6 Å². The van der Waals surface area contributed by atoms with Crippen molar-refractivity contribution in [3.05, 3.63) is 29.2 Å². The molecule has 0 aliphatic heterocycles. The topological polar surface area (TPSA) is 58.6 Å². The summed E-state index contributed by atoms with van der Waals surface area (Å²) < 4.78 is 5.26. The van der Waals surface area contributed by atoms with Crippen LogP contribution in [0, 0.1) is 0 Å². The van der Waals surface area contributed by atoms with Gasteiger partial charge in [0.1, 0.15) is 22.7 Å². The van der Waals surface area contributed by atoms with Crippen LogP contribution in [-0.2, 0) is 0 Å². The zero-order valence-electron chi connectivity index (χ0n) is 6.44. The van der Waals surface area contributed by atoms with E-state index >= 15 is 0 Å². The normalized spacial score (nSPS) is 11.5. The second kappa shape index (κ2) is 3.06. The molecule has 0 saturated heterocycles. The van der Waals surface area contributed by atoms with Crippen molar-refractivity contribution in [1.29, 1.82) is 0 Å². The van der Waals surface area contributed by atoms with Crippen molar-refractivity contribution in [2.75, 3.05) is 0 Å². The van der Waals surface area contributed by atoms with E-state index in [1.165, 1.54) is 6.21 Å². The number of pyridine rings is 1. The quantitative estimate of drug-likeness (QED) is 0.330. The Morgan fingerprint density at radius 3 is 3.15 bits per heavy atom. The number of hydrogen-bond acceptors (Lipinski definition) is 4. The highest BCUT2D eigenvalue weighted by Gasteiger charge is 2.05. The summed E-state index contributed by atoms with van der Waals surface area (Å²) in [5.74, 6) is 0.437. The zero-order chi connectivity index (χ0) is 9.26. The minimum absolute atomic E-state index is 0.374. The first-order valence-corrected chi connectivity index (χ1v) is 3.90. The lowest BCUT2D eigenvalue weighted by Gasteiger charge is -1.87. The van der Waals surface area contributed by atoms with Crippen LogP contribution in [0.2, 0.25) is 5.15 Å². The third-order valence-corrected chi connectivity index (χ3v) is 1.90. The van der Waals surface area contributed by atoms with Crippen molar-refractivity contribution in [2.45, 2.75) is 0 Å². The number of nitrogens with zero attached hydrogens (tertiary/aromatic N) is 2. The minimum atomic E-state index is 0.374. The van der Waals surface area contributed by atoms with Crippen LogP contribution in [0.3, 0.4) is 0 Å². The van der Waals surface area contributed by atoms with Crippen molar-refractivity contribution >= 4 is 28.8 Å². The van der Waals surface area contributed by atoms with Gasteiger partial charge in [-0.1, -0.05) is 16.8 Å². The number of furan rings is 1. The van der Waals surface area contributed by atoms with Crippen molar-refractivity contribution in [3.8, 4) is 0 Å². The molecule has 0 fully saturated rings. The second-order valence-corrected chi connectivity index (χ2v) is 2.76. The molecule has 2 rings (SSSR count). The summed E-state index contributed by atoms with van der Waals surface area (Å²) in [5, 5.41) is 12.2. The van der Waals surface area contributed by atoms with E-state index in [0.29, 0.717) is 21.9 Å². The zero-order valence-corrected chi connectivity index (χ0v) is 7.19. The Kier molecular flexibility index (Phi) is 1.90. The number of rotatable bonds is 1. The lowest BCUT2D eigenvalue weighted by molar-refractivity contribution is 0.321. The number of oxime groups is 1. The first-order valence-electron chi connectivity index (χ1n) is 3.53. The van der Waals surface area contributed by atoms with Gasteiger partial charge in [-0.3, -0.25) is 0 Å². The van der Waals surface area contributed by atoms with E-state index in [0.717, 1.165) is 0 Å². The summed E-state index contributed by atoms with van der Waals surface area (Å²) in [7, 11) is 0. The van der Waals surface area contributed by atoms with Gasteiger partial charge in [-0.05, 0) is 12.1 Å². The van der Waals surface area contributed by atoms with Gasteiger partial charge in [0, 0.05) is 6.20 Å². The average Bonchev–Trinajstić information content (AvgIpc) is 2.49. The second-order valence-electron chi connectivity index (χ2n) is 2.41. The van der Waals surface area contributed by atoms with Crippen LogP contribution in [-0.4, -0.2) is 16.4 Å². The highest BCUT2D eigenvalue weighted by Crippen LogP contribution is 2.23. The fourth-order valence-corrected chi connectivity index (χ4v) is 1.27. The Balaban J connectivity index is 2.68. The molecule has 0 atom stereocenters. The van der Waals surface area contributed by atoms with E-state index in [1.54, 1.807) is 18.3 Å². The molecule has 0 spiro atoms. The number of aromatic nitrogens is 1. The molecular weight excluding hydrogens is 192 g/mol. The van der Waals surface area contributed by atoms with Crippen molar-refractivity contribution in [2.24, 2.45) is 5.16 Å². The molecule has 1 N–H and O–H groups in total. The Morgan fingerprint density at radius 2 is 2.46 bits per heavy atom. The molecule has 0 aliphatic rings. The van der Waals surface area contributed by atoms with Gasteiger partial charge in [0.2, 0.25) is 0 Å². The van der Waals surface area contributed by atoms with E-state index in [1.807, 2.05) is 0 Å². The third kappa shape index (κ3) is 1.36. The Hall–Kier alpha value is -1.55. The molecule has 13 heavy (non-hydrogen) atoms. The van der Waals surface area contributed by atoms with Gasteiger partial charge in [-0.2, -0.15) is 0 Å². The van der Waals surface area contributed by atoms with Gasteiger partial charge in [0.05, 0.1) is 5.39 Å². The van der Waals surface area contributed by atoms with E-state index < -0.39 is 0 Å². The van der Waals surface area contributed by atoms with Crippen molar-refractivity contribution in [1.82, 2.24) is 4.98 Å². The summed E-state index contributed by atoms with van der Waals surface area (Å²) in [6.07, 6.45) is 2.74. The minimum Gasteiger partial charge on any atom is -0.455 e. The smallest absolute Gasteiger partial charge is 0.149 e. The summed E-state index contributed by atoms with van der Waals surface area (Å²) in [6.45, 7) is 0. The van der Waals surface area contributed by atoms with Gasteiger partial charge in [-0.25, -0.2) is 4.98 Å². The maximum Gasteiger partial charge on any atom is 0.149 e. The predicted molar refractivity (Wildman–Crippen MR) is 48.4 cm³/mol. The van der Waals surface area contributed by atoms with Crippen LogP contribution in [0.4, 0.5) is 0 Å². The lowest BCUT2D eigenvalue weighted by Crippen LogP contribution is -1.72. The van der Waals surface area contributed by atoms with Crippen LogP contribution in [0.5, 0.6) is 0 Å². The van der Waals surface area contributed by atoms with E-state index in [-0.39, 0.29) is 0 Å². The molecule has 0 bridgehead atoms. The molecule has 0 amide bonds. The van der Waals surface area contributed by atoms with Crippen LogP contribution in [0.15, 0.2) is 27.9 Å². The molecule has 2 aromatic heterocycles. The highest BCUT2D eigenvalue weighted by atomic mass is 35.5. The van der Waals surface area contributed by atoms with Crippen molar-refractivity contribution < 1.29 is 9.62 Å². The Labute approximate surface area is 78.4 Å². The number of halogens is 1. The average molecular weight is 197 g/mol. The van der Waals surface area contributed by atoms with Crippen LogP contribution < -0.4 is 0 Å². The summed E-state index contributed by atoms with van der Waals surface area (Å²) >= 11 is 5.79. The molecule has 0 aliphatic carbocycles. The van der Waals surface area contributed by atoms with Crippen LogP contribution in [0.1, 0.15) is 5.76 Å². The van der Waals surface area contributed by atoms with Gasteiger partial charge in [-0.15, -0.1) is 0 Å². The molecule has 0 radical (unpaired) electrons. The summed E-state index contributed by atoms with van der Waals surface area (Å²) in [5.41, 5.74) is 0.620. The van der Waals surface area contributed by atoms with E-state index in [9.17, 15) is 0 Å². The molecule has 66 valence electrons. The maximum atomic E-state index is 8.27. The molecule has 4 nitrogen and oxygen atoms in total. The monoisotopic (exact) mass is 196 g/mol. The largest absolute Gasteiger partial charge is 0.455 e. The number of hydrogen-bond donors (Lipinski definition) is 1. The fraction of sp³-hybridized carbons (Fsp3) is 0. The van der Waals surface area contributed by atoms with Gasteiger partial charge in [0.25, 0.3) is 0 Å². The predicted octanol–water partition coefficient (Wildman–Crippen LogP) is 2.29. The third-order valence-electron chi connectivity index (χ3n) is 1.60. The molecule has 2 heterocycles. The Morgan fingerprint density at radius 1 is 1.62 bits per heavy atom. The van der Waals surface area contributed by atoms with Gasteiger partial charge >= 0.3 is 0 Å². The molecule has 0 aromatic carbocycles. The Bertz CT molecular complexity index is 464. The first-order chi connectivity index (χ1) is 6.31. The molecular formula is C8H5ClN2O2. The lowest BCUT2D eigenvalue weighted by atomic mass is 10.3. The summed E-state index contributed by atoms with van der Waals surface area (Å²) in [4.78, 5) is 3.88. The number of fused-ring (bicyclic) bond motifs is 1. The highest BCUT2D eigenvalue weighted by molar-refractivity contribution is 6.34. The molecule has 0 unspecified atom stereocenters. The fourth-order valence-electron chi connectivity index (χ4n) is 1.07. The van der Waals surface area contributed by atoms with Gasteiger partial charge < -0.3 is 9.62 Å².